The highest BCUT2D eigenvalue weighted by molar-refractivity contribution is 5.75. The first kappa shape index (κ1) is 15.9. The van der Waals surface area contributed by atoms with Gasteiger partial charge in [0, 0.05) is 18.2 Å². The maximum atomic E-state index is 12.6. The van der Waals surface area contributed by atoms with E-state index in [0.717, 1.165) is 23.5 Å². The molecule has 6 nitrogen and oxygen atoms in total. The molecule has 0 spiro atoms. The second kappa shape index (κ2) is 6.28. The van der Waals surface area contributed by atoms with Gasteiger partial charge in [0.2, 0.25) is 0 Å². The van der Waals surface area contributed by atoms with Gasteiger partial charge in [-0.15, -0.1) is 0 Å². The largest absolute Gasteiger partial charge is 0.497 e. The summed E-state index contributed by atoms with van der Waals surface area (Å²) < 4.78 is 16.7. The Hall–Kier alpha value is -1.95. The number of ether oxygens (including phenoxy) is 3. The molecule has 1 atom stereocenters. The Kier molecular flexibility index (Phi) is 4.35. The molecule has 6 heteroatoms. The summed E-state index contributed by atoms with van der Waals surface area (Å²) in [5, 5.41) is 3.05. The van der Waals surface area contributed by atoms with Crippen LogP contribution in [0.25, 0.3) is 0 Å². The van der Waals surface area contributed by atoms with Crippen molar-refractivity contribution in [3.05, 3.63) is 23.8 Å². The van der Waals surface area contributed by atoms with E-state index in [9.17, 15) is 4.79 Å². The molecule has 2 aliphatic rings. The van der Waals surface area contributed by atoms with Gasteiger partial charge in [-0.3, -0.25) is 0 Å². The minimum Gasteiger partial charge on any atom is -0.497 e. The van der Waals surface area contributed by atoms with Gasteiger partial charge in [-0.1, -0.05) is 0 Å². The molecule has 1 aromatic carbocycles. The SMILES string of the molecule is COc1ccc2c(c1)OC(C)(C)CN(C(=O)NC1CCOC1)C2. The third-order valence-electron chi connectivity index (χ3n) is 4.14. The first-order valence-electron chi connectivity index (χ1n) is 7.96. The third-order valence-corrected chi connectivity index (χ3v) is 4.14. The Morgan fingerprint density at radius 3 is 2.96 bits per heavy atom. The quantitative estimate of drug-likeness (QED) is 0.907. The Balaban J connectivity index is 1.79. The molecule has 1 N–H and O–H groups in total. The van der Waals surface area contributed by atoms with E-state index in [0.29, 0.717) is 26.3 Å². The predicted molar refractivity (Wildman–Crippen MR) is 85.9 cm³/mol. The van der Waals surface area contributed by atoms with Crippen LogP contribution in [0.5, 0.6) is 11.5 Å². The Labute approximate surface area is 136 Å². The van der Waals surface area contributed by atoms with Crippen LogP contribution in [0.4, 0.5) is 4.79 Å². The number of hydrogen-bond acceptors (Lipinski definition) is 4. The Morgan fingerprint density at radius 1 is 1.43 bits per heavy atom. The first-order valence-corrected chi connectivity index (χ1v) is 7.96. The zero-order chi connectivity index (χ0) is 16.4. The molecular weight excluding hydrogens is 296 g/mol. The van der Waals surface area contributed by atoms with E-state index >= 15 is 0 Å². The molecular formula is C17H24N2O4. The molecule has 2 heterocycles. The Bertz CT molecular complexity index is 582. The van der Waals surface area contributed by atoms with Crippen LogP contribution in [0, 0.1) is 0 Å². The average molecular weight is 320 g/mol. The van der Waals surface area contributed by atoms with Crippen LogP contribution in [0.1, 0.15) is 25.8 Å². The number of benzene rings is 1. The number of urea groups is 1. The molecule has 1 unspecified atom stereocenters. The summed E-state index contributed by atoms with van der Waals surface area (Å²) in [5.74, 6) is 1.52. The van der Waals surface area contributed by atoms with Crippen LogP contribution < -0.4 is 14.8 Å². The van der Waals surface area contributed by atoms with E-state index in [-0.39, 0.29) is 12.1 Å². The van der Waals surface area contributed by atoms with Crippen molar-refractivity contribution in [2.75, 3.05) is 26.9 Å². The lowest BCUT2D eigenvalue weighted by Gasteiger charge is -2.30. The number of carbonyl (C=O) groups is 1. The third kappa shape index (κ3) is 3.69. The van der Waals surface area contributed by atoms with E-state index in [4.69, 9.17) is 14.2 Å². The highest BCUT2D eigenvalue weighted by Gasteiger charge is 2.32. The molecule has 126 valence electrons. The minimum atomic E-state index is -0.471. The molecule has 0 bridgehead atoms. The predicted octanol–water partition coefficient (Wildman–Crippen LogP) is 2.17. The van der Waals surface area contributed by atoms with Crippen molar-refractivity contribution in [3.63, 3.8) is 0 Å². The monoisotopic (exact) mass is 320 g/mol. The topological polar surface area (TPSA) is 60.0 Å². The number of fused-ring (bicyclic) bond motifs is 1. The molecule has 23 heavy (non-hydrogen) atoms. The molecule has 2 aliphatic heterocycles. The van der Waals surface area contributed by atoms with Crippen molar-refractivity contribution in [3.8, 4) is 11.5 Å². The molecule has 0 saturated carbocycles. The van der Waals surface area contributed by atoms with E-state index in [1.807, 2.05) is 32.0 Å². The van der Waals surface area contributed by atoms with Crippen LogP contribution in [0.15, 0.2) is 18.2 Å². The van der Waals surface area contributed by atoms with Crippen LogP contribution >= 0.6 is 0 Å². The maximum Gasteiger partial charge on any atom is 0.318 e. The summed E-state index contributed by atoms with van der Waals surface area (Å²) in [6.07, 6.45) is 0.868. The lowest BCUT2D eigenvalue weighted by Crippen LogP contribution is -2.49. The van der Waals surface area contributed by atoms with E-state index in [1.165, 1.54) is 0 Å². The number of carbonyl (C=O) groups excluding carboxylic acids is 1. The number of methoxy groups -OCH3 is 1. The summed E-state index contributed by atoms with van der Waals surface area (Å²) in [7, 11) is 1.63. The molecule has 1 fully saturated rings. The highest BCUT2D eigenvalue weighted by atomic mass is 16.5. The number of nitrogens with one attached hydrogen (secondary N) is 1. The van der Waals surface area contributed by atoms with Crippen LogP contribution in [-0.2, 0) is 11.3 Å². The van der Waals surface area contributed by atoms with Crippen LogP contribution in [0.2, 0.25) is 0 Å². The van der Waals surface area contributed by atoms with Crippen molar-refractivity contribution >= 4 is 6.03 Å². The van der Waals surface area contributed by atoms with Crippen molar-refractivity contribution < 1.29 is 19.0 Å². The zero-order valence-electron chi connectivity index (χ0n) is 13.9. The first-order chi connectivity index (χ1) is 11.0. The van der Waals surface area contributed by atoms with Gasteiger partial charge in [0.25, 0.3) is 0 Å². The van der Waals surface area contributed by atoms with E-state index < -0.39 is 5.60 Å². The van der Waals surface area contributed by atoms with Crippen molar-refractivity contribution in [1.29, 1.82) is 0 Å². The van der Waals surface area contributed by atoms with E-state index in [2.05, 4.69) is 5.32 Å². The van der Waals surface area contributed by atoms with Gasteiger partial charge < -0.3 is 24.4 Å². The smallest absolute Gasteiger partial charge is 0.318 e. The molecule has 0 aliphatic carbocycles. The summed E-state index contributed by atoms with van der Waals surface area (Å²) in [5.41, 5.74) is 0.510. The average Bonchev–Trinajstić information content (AvgIpc) is 2.95. The molecule has 3 rings (SSSR count). The maximum absolute atomic E-state index is 12.6. The minimum absolute atomic E-state index is 0.0687. The van der Waals surface area contributed by atoms with Gasteiger partial charge in [-0.05, 0) is 32.4 Å². The fourth-order valence-electron chi connectivity index (χ4n) is 3.00. The molecule has 1 aromatic rings. The fraction of sp³-hybridized carbons (Fsp3) is 0.588. The highest BCUT2D eigenvalue weighted by Crippen LogP contribution is 2.32. The zero-order valence-corrected chi connectivity index (χ0v) is 13.9. The van der Waals surface area contributed by atoms with Gasteiger partial charge in [0.05, 0.1) is 32.8 Å². The number of hydrogen-bond donors (Lipinski definition) is 1. The number of rotatable bonds is 2. The summed E-state index contributed by atoms with van der Waals surface area (Å²) in [6.45, 7) is 6.31. The normalized spacial score (nSPS) is 22.7. The fourth-order valence-corrected chi connectivity index (χ4v) is 3.00. The lowest BCUT2D eigenvalue weighted by atomic mass is 10.1. The second-order valence-corrected chi connectivity index (χ2v) is 6.70. The summed E-state index contributed by atoms with van der Waals surface area (Å²) in [4.78, 5) is 14.4. The van der Waals surface area contributed by atoms with Gasteiger partial charge in [0.15, 0.2) is 0 Å². The van der Waals surface area contributed by atoms with E-state index in [1.54, 1.807) is 12.0 Å². The van der Waals surface area contributed by atoms with Crippen molar-refractivity contribution in [2.45, 2.75) is 38.5 Å². The van der Waals surface area contributed by atoms with Gasteiger partial charge in [-0.25, -0.2) is 4.79 Å². The molecule has 1 saturated heterocycles. The molecule has 0 radical (unpaired) electrons. The molecule has 2 amide bonds. The van der Waals surface area contributed by atoms with Crippen molar-refractivity contribution in [2.24, 2.45) is 0 Å². The summed E-state index contributed by atoms with van der Waals surface area (Å²) in [6, 6.07) is 5.75. The number of amides is 2. The van der Waals surface area contributed by atoms with Crippen LogP contribution in [-0.4, -0.2) is 49.4 Å². The van der Waals surface area contributed by atoms with Gasteiger partial charge in [0.1, 0.15) is 17.1 Å². The lowest BCUT2D eigenvalue weighted by molar-refractivity contribution is 0.0797. The van der Waals surface area contributed by atoms with Gasteiger partial charge in [-0.2, -0.15) is 0 Å². The Morgan fingerprint density at radius 2 is 2.26 bits per heavy atom. The van der Waals surface area contributed by atoms with Crippen LogP contribution in [0.3, 0.4) is 0 Å². The number of nitrogens with zero attached hydrogens (tertiary/aromatic N) is 1. The summed E-state index contributed by atoms with van der Waals surface area (Å²) >= 11 is 0. The van der Waals surface area contributed by atoms with Gasteiger partial charge >= 0.3 is 6.03 Å². The molecule has 0 aromatic heterocycles. The second-order valence-electron chi connectivity index (χ2n) is 6.70. The standard InChI is InChI=1S/C17H24N2O4/c1-17(2)11-19(16(20)18-13-6-7-22-10-13)9-12-4-5-14(21-3)8-15(12)23-17/h4-5,8,13H,6-7,9-11H2,1-3H3,(H,18,20). The van der Waals surface area contributed by atoms with Crippen molar-refractivity contribution in [1.82, 2.24) is 10.2 Å².